The average Bonchev–Trinajstić information content (AvgIpc) is 2.76. The lowest BCUT2D eigenvalue weighted by Gasteiger charge is -2.10. The van der Waals surface area contributed by atoms with E-state index in [1.54, 1.807) is 18.0 Å². The molecule has 0 N–H and O–H groups in total. The van der Waals surface area contributed by atoms with Gasteiger partial charge in [0.25, 0.3) is 5.56 Å². The van der Waals surface area contributed by atoms with E-state index in [-0.39, 0.29) is 11.5 Å². The summed E-state index contributed by atoms with van der Waals surface area (Å²) in [7, 11) is 0. The Hall–Kier alpha value is -1.10. The zero-order valence-electron chi connectivity index (χ0n) is 10.6. The standard InChI is InChI=1S/C13H18N2O2S/c1-2-15-8-6-12(17)14-13(15)18-9-7-10-4-3-5-11(10)16/h6,8,10H,2-5,7,9H2,1H3. The number of hydrogen-bond donors (Lipinski definition) is 0. The van der Waals surface area contributed by atoms with E-state index < -0.39 is 0 Å². The van der Waals surface area contributed by atoms with Crippen LogP contribution in [0.25, 0.3) is 0 Å². The molecule has 98 valence electrons. The van der Waals surface area contributed by atoms with Crippen molar-refractivity contribution in [1.29, 1.82) is 0 Å². The Bertz CT molecular complexity index is 484. The molecular weight excluding hydrogens is 248 g/mol. The Morgan fingerprint density at radius 1 is 1.50 bits per heavy atom. The molecule has 1 saturated carbocycles. The van der Waals surface area contributed by atoms with Crippen LogP contribution in [-0.4, -0.2) is 21.1 Å². The van der Waals surface area contributed by atoms with Gasteiger partial charge in [-0.2, -0.15) is 4.98 Å². The molecule has 1 fully saturated rings. The van der Waals surface area contributed by atoms with Crippen LogP contribution < -0.4 is 5.56 Å². The number of rotatable bonds is 5. The second kappa shape index (κ2) is 6.18. The third kappa shape index (κ3) is 3.22. The van der Waals surface area contributed by atoms with Crippen molar-refractivity contribution in [3.8, 4) is 0 Å². The fraction of sp³-hybridized carbons (Fsp3) is 0.615. The van der Waals surface area contributed by atoms with Gasteiger partial charge >= 0.3 is 0 Å². The molecule has 0 spiro atoms. The van der Waals surface area contributed by atoms with Crippen molar-refractivity contribution in [3.05, 3.63) is 22.6 Å². The molecule has 1 heterocycles. The molecule has 2 rings (SSSR count). The number of thioether (sulfide) groups is 1. The van der Waals surface area contributed by atoms with Crippen molar-refractivity contribution < 1.29 is 4.79 Å². The molecule has 0 saturated heterocycles. The molecule has 0 bridgehead atoms. The number of Topliss-reactive ketones (excluding diaryl/α,β-unsaturated/α-hetero) is 1. The maximum Gasteiger partial charge on any atom is 0.273 e. The van der Waals surface area contributed by atoms with Crippen molar-refractivity contribution in [1.82, 2.24) is 9.55 Å². The Balaban J connectivity index is 1.91. The number of carbonyl (C=O) groups is 1. The highest BCUT2D eigenvalue weighted by molar-refractivity contribution is 7.99. The third-order valence-corrected chi connectivity index (χ3v) is 4.34. The summed E-state index contributed by atoms with van der Waals surface area (Å²) < 4.78 is 1.96. The summed E-state index contributed by atoms with van der Waals surface area (Å²) in [5.74, 6) is 1.50. The molecule has 1 aliphatic carbocycles. The maximum atomic E-state index is 11.5. The van der Waals surface area contributed by atoms with E-state index in [0.717, 1.165) is 43.1 Å². The Morgan fingerprint density at radius 3 is 3.00 bits per heavy atom. The quantitative estimate of drug-likeness (QED) is 0.605. The van der Waals surface area contributed by atoms with Gasteiger partial charge in [-0.05, 0) is 26.2 Å². The molecule has 0 radical (unpaired) electrons. The summed E-state index contributed by atoms with van der Waals surface area (Å²) in [5, 5.41) is 0.760. The molecule has 1 atom stereocenters. The van der Waals surface area contributed by atoms with Crippen LogP contribution in [0.4, 0.5) is 0 Å². The first-order valence-electron chi connectivity index (χ1n) is 6.43. The lowest BCUT2D eigenvalue weighted by atomic mass is 10.1. The van der Waals surface area contributed by atoms with Crippen molar-refractivity contribution in [2.24, 2.45) is 5.92 Å². The van der Waals surface area contributed by atoms with Crippen LogP contribution >= 0.6 is 11.8 Å². The molecule has 18 heavy (non-hydrogen) atoms. The van der Waals surface area contributed by atoms with Crippen LogP contribution in [0.2, 0.25) is 0 Å². The molecule has 1 aromatic heterocycles. The molecule has 1 aromatic rings. The summed E-state index contributed by atoms with van der Waals surface area (Å²) in [4.78, 5) is 26.8. The normalized spacial score (nSPS) is 19.4. The minimum absolute atomic E-state index is 0.195. The maximum absolute atomic E-state index is 11.5. The number of hydrogen-bond acceptors (Lipinski definition) is 4. The van der Waals surface area contributed by atoms with Gasteiger partial charge in [-0.3, -0.25) is 9.59 Å². The highest BCUT2D eigenvalue weighted by atomic mass is 32.2. The number of ketones is 1. The van der Waals surface area contributed by atoms with Crippen LogP contribution in [0, 0.1) is 5.92 Å². The second-order valence-electron chi connectivity index (χ2n) is 4.53. The molecule has 0 aromatic carbocycles. The Morgan fingerprint density at radius 2 is 2.33 bits per heavy atom. The summed E-state index contributed by atoms with van der Waals surface area (Å²) in [6.45, 7) is 2.83. The molecule has 5 heteroatoms. The smallest absolute Gasteiger partial charge is 0.273 e. The van der Waals surface area contributed by atoms with Gasteiger partial charge < -0.3 is 4.57 Å². The number of carbonyl (C=O) groups excluding carboxylic acids is 1. The van der Waals surface area contributed by atoms with Gasteiger partial charge in [0, 0.05) is 36.9 Å². The van der Waals surface area contributed by atoms with Crippen LogP contribution in [0.1, 0.15) is 32.6 Å². The van der Waals surface area contributed by atoms with Gasteiger partial charge in [-0.1, -0.05) is 11.8 Å². The van der Waals surface area contributed by atoms with Crippen LogP contribution in [0.15, 0.2) is 22.2 Å². The first kappa shape index (κ1) is 13.3. The van der Waals surface area contributed by atoms with E-state index in [9.17, 15) is 9.59 Å². The second-order valence-corrected chi connectivity index (χ2v) is 5.59. The summed E-state index contributed by atoms with van der Waals surface area (Å²) in [6, 6.07) is 1.48. The van der Waals surface area contributed by atoms with Gasteiger partial charge in [-0.15, -0.1) is 0 Å². The van der Waals surface area contributed by atoms with Crippen LogP contribution in [0.5, 0.6) is 0 Å². The molecule has 4 nitrogen and oxygen atoms in total. The average molecular weight is 266 g/mol. The Labute approximate surface area is 111 Å². The van der Waals surface area contributed by atoms with E-state index in [1.807, 2.05) is 11.5 Å². The van der Waals surface area contributed by atoms with Gasteiger partial charge in [0.15, 0.2) is 5.16 Å². The summed E-state index contributed by atoms with van der Waals surface area (Å²) in [5.41, 5.74) is -0.195. The van der Waals surface area contributed by atoms with Crippen LogP contribution in [0.3, 0.4) is 0 Å². The van der Waals surface area contributed by atoms with Crippen molar-refractivity contribution >= 4 is 17.5 Å². The van der Waals surface area contributed by atoms with Gasteiger partial charge in [-0.25, -0.2) is 0 Å². The van der Waals surface area contributed by atoms with E-state index in [2.05, 4.69) is 4.98 Å². The third-order valence-electron chi connectivity index (χ3n) is 3.32. The first-order valence-corrected chi connectivity index (χ1v) is 7.42. The van der Waals surface area contributed by atoms with Gasteiger partial charge in [0.1, 0.15) is 5.78 Å². The molecule has 1 unspecified atom stereocenters. The fourth-order valence-corrected chi connectivity index (χ4v) is 3.35. The number of aromatic nitrogens is 2. The topological polar surface area (TPSA) is 52.0 Å². The largest absolute Gasteiger partial charge is 0.328 e. The minimum Gasteiger partial charge on any atom is -0.328 e. The molecule has 0 amide bonds. The predicted octanol–water partition coefficient (Wildman–Crippen LogP) is 2.11. The SMILES string of the molecule is CCn1ccc(=O)nc1SCCC1CCCC1=O. The van der Waals surface area contributed by atoms with Crippen molar-refractivity contribution in [2.45, 2.75) is 44.3 Å². The lowest BCUT2D eigenvalue weighted by molar-refractivity contribution is -0.120. The minimum atomic E-state index is -0.195. The summed E-state index contributed by atoms with van der Waals surface area (Å²) >= 11 is 1.57. The van der Waals surface area contributed by atoms with E-state index >= 15 is 0 Å². The molecular formula is C13H18N2O2S. The van der Waals surface area contributed by atoms with Crippen molar-refractivity contribution in [2.75, 3.05) is 5.75 Å². The van der Waals surface area contributed by atoms with E-state index in [4.69, 9.17) is 0 Å². The lowest BCUT2D eigenvalue weighted by Crippen LogP contribution is -2.13. The zero-order chi connectivity index (χ0) is 13.0. The molecule has 1 aliphatic rings. The summed E-state index contributed by atoms with van der Waals surface area (Å²) in [6.07, 6.45) is 5.49. The Kier molecular flexibility index (Phi) is 4.58. The van der Waals surface area contributed by atoms with Crippen LogP contribution in [-0.2, 0) is 11.3 Å². The van der Waals surface area contributed by atoms with E-state index in [0.29, 0.717) is 5.78 Å². The van der Waals surface area contributed by atoms with E-state index in [1.165, 1.54) is 6.07 Å². The van der Waals surface area contributed by atoms with Crippen molar-refractivity contribution in [3.63, 3.8) is 0 Å². The first-order chi connectivity index (χ1) is 8.70. The highest BCUT2D eigenvalue weighted by Gasteiger charge is 2.23. The monoisotopic (exact) mass is 266 g/mol. The predicted molar refractivity (Wildman–Crippen MR) is 71.9 cm³/mol. The van der Waals surface area contributed by atoms with Gasteiger partial charge in [0.05, 0.1) is 0 Å². The molecule has 0 aliphatic heterocycles. The number of aryl methyl sites for hydroxylation is 1. The fourth-order valence-electron chi connectivity index (χ4n) is 2.25. The van der Waals surface area contributed by atoms with Gasteiger partial charge in [0.2, 0.25) is 0 Å². The highest BCUT2D eigenvalue weighted by Crippen LogP contribution is 2.27. The number of nitrogens with zero attached hydrogens (tertiary/aromatic N) is 2. The zero-order valence-corrected chi connectivity index (χ0v) is 11.4.